The second-order valence-corrected chi connectivity index (χ2v) is 6.15. The van der Waals surface area contributed by atoms with Crippen LogP contribution in [0.3, 0.4) is 0 Å². The molecule has 3 nitrogen and oxygen atoms in total. The van der Waals surface area contributed by atoms with Crippen molar-refractivity contribution in [3.63, 3.8) is 0 Å². The normalized spacial score (nSPS) is 23.7. The van der Waals surface area contributed by atoms with E-state index in [1.807, 2.05) is 0 Å². The maximum Gasteiger partial charge on any atom is 0.0623 e. The molecule has 0 amide bonds. The lowest BCUT2D eigenvalue weighted by atomic mass is 10.0. The predicted molar refractivity (Wildman–Crippen MR) is 82.6 cm³/mol. The molecule has 1 aliphatic heterocycles. The maximum atomic E-state index is 5.68. The minimum absolute atomic E-state index is 0.562. The number of rotatable bonds is 10. The topological polar surface area (TPSA) is 24.5 Å². The van der Waals surface area contributed by atoms with Gasteiger partial charge < -0.3 is 15.0 Å². The number of hydrogen-bond donors (Lipinski definition) is 1. The van der Waals surface area contributed by atoms with Crippen molar-refractivity contribution < 1.29 is 4.74 Å². The largest absolute Gasteiger partial charge is 0.379 e. The van der Waals surface area contributed by atoms with Crippen LogP contribution in [0.4, 0.5) is 0 Å². The Balaban J connectivity index is 2.38. The molecule has 1 saturated heterocycles. The number of nitrogens with zero attached hydrogens (tertiary/aromatic N) is 1. The lowest BCUT2D eigenvalue weighted by molar-refractivity contribution is 0.150. The average Bonchev–Trinajstić information content (AvgIpc) is 2.82. The third-order valence-corrected chi connectivity index (χ3v) is 4.10. The van der Waals surface area contributed by atoms with Crippen molar-refractivity contribution in [2.75, 3.05) is 32.8 Å². The molecule has 1 aliphatic rings. The van der Waals surface area contributed by atoms with Crippen molar-refractivity contribution in [1.29, 1.82) is 0 Å². The highest BCUT2D eigenvalue weighted by atomic mass is 16.5. The van der Waals surface area contributed by atoms with E-state index >= 15 is 0 Å². The first-order valence-electron chi connectivity index (χ1n) is 8.24. The molecule has 0 spiro atoms. The minimum atomic E-state index is 0.562. The van der Waals surface area contributed by atoms with Crippen molar-refractivity contribution in [3.8, 4) is 0 Å². The van der Waals surface area contributed by atoms with Gasteiger partial charge in [-0.05, 0) is 39.8 Å². The van der Waals surface area contributed by atoms with E-state index in [1.54, 1.807) is 0 Å². The van der Waals surface area contributed by atoms with E-state index < -0.39 is 0 Å². The van der Waals surface area contributed by atoms with Crippen LogP contribution in [-0.4, -0.2) is 49.8 Å². The highest BCUT2D eigenvalue weighted by Gasteiger charge is 2.29. The molecular formula is C16H34N2O. The second kappa shape index (κ2) is 9.73. The molecule has 0 aliphatic carbocycles. The molecule has 0 aromatic rings. The summed E-state index contributed by atoms with van der Waals surface area (Å²) in [7, 11) is 0. The third-order valence-electron chi connectivity index (χ3n) is 4.10. The van der Waals surface area contributed by atoms with E-state index in [2.05, 4.69) is 37.9 Å². The second-order valence-electron chi connectivity index (χ2n) is 6.15. The Morgan fingerprint density at radius 1 is 1.16 bits per heavy atom. The summed E-state index contributed by atoms with van der Waals surface area (Å²) in [5.41, 5.74) is 0. The zero-order valence-electron chi connectivity index (χ0n) is 13.5. The first-order valence-corrected chi connectivity index (χ1v) is 8.24. The van der Waals surface area contributed by atoms with E-state index in [4.69, 9.17) is 4.74 Å². The summed E-state index contributed by atoms with van der Waals surface area (Å²) in [5.74, 6) is 0.663. The Labute approximate surface area is 120 Å². The van der Waals surface area contributed by atoms with Gasteiger partial charge in [0.15, 0.2) is 0 Å². The predicted octanol–water partition coefficient (Wildman–Crippen LogP) is 2.90. The molecule has 2 unspecified atom stereocenters. The van der Waals surface area contributed by atoms with Crippen LogP contribution in [-0.2, 0) is 4.74 Å². The molecule has 0 saturated carbocycles. The van der Waals surface area contributed by atoms with Crippen LogP contribution in [0.5, 0.6) is 0 Å². The van der Waals surface area contributed by atoms with E-state index in [9.17, 15) is 0 Å². The smallest absolute Gasteiger partial charge is 0.0623 e. The molecule has 0 radical (unpaired) electrons. The van der Waals surface area contributed by atoms with Gasteiger partial charge in [-0.25, -0.2) is 0 Å². The molecule has 3 heteroatoms. The molecule has 0 aromatic carbocycles. The fourth-order valence-corrected chi connectivity index (χ4v) is 2.76. The van der Waals surface area contributed by atoms with Crippen LogP contribution in [0.2, 0.25) is 0 Å². The fourth-order valence-electron chi connectivity index (χ4n) is 2.76. The molecular weight excluding hydrogens is 236 g/mol. The van der Waals surface area contributed by atoms with Crippen LogP contribution < -0.4 is 5.32 Å². The summed E-state index contributed by atoms with van der Waals surface area (Å²) < 4.78 is 5.68. The Morgan fingerprint density at radius 3 is 2.58 bits per heavy atom. The van der Waals surface area contributed by atoms with E-state index in [0.717, 1.165) is 19.8 Å². The lowest BCUT2D eigenvalue weighted by Gasteiger charge is -2.31. The molecule has 1 rings (SSSR count). The van der Waals surface area contributed by atoms with Gasteiger partial charge in [0, 0.05) is 24.5 Å². The van der Waals surface area contributed by atoms with Crippen LogP contribution >= 0.6 is 0 Å². The van der Waals surface area contributed by atoms with Gasteiger partial charge >= 0.3 is 0 Å². The standard InChI is InChI=1S/C16H34N2O/c1-5-7-8-10-18(14(3)4)11-15-12-19-13-16(15)17-9-6-2/h14-17H,5-13H2,1-4H3. The van der Waals surface area contributed by atoms with Crippen LogP contribution in [0.1, 0.15) is 53.4 Å². The van der Waals surface area contributed by atoms with Crippen molar-refractivity contribution in [2.24, 2.45) is 5.92 Å². The lowest BCUT2D eigenvalue weighted by Crippen LogP contribution is -2.44. The summed E-state index contributed by atoms with van der Waals surface area (Å²) in [6.45, 7) is 14.5. The maximum absolute atomic E-state index is 5.68. The first-order chi connectivity index (χ1) is 9.19. The molecule has 0 aromatic heterocycles. The molecule has 2 atom stereocenters. The number of ether oxygens (including phenoxy) is 1. The summed E-state index contributed by atoms with van der Waals surface area (Å²) >= 11 is 0. The molecule has 1 fully saturated rings. The summed E-state index contributed by atoms with van der Waals surface area (Å²) in [5, 5.41) is 3.64. The van der Waals surface area contributed by atoms with Gasteiger partial charge in [0.1, 0.15) is 0 Å². The zero-order chi connectivity index (χ0) is 14.1. The summed E-state index contributed by atoms with van der Waals surface area (Å²) in [4.78, 5) is 2.63. The van der Waals surface area contributed by atoms with Crippen LogP contribution in [0.15, 0.2) is 0 Å². The van der Waals surface area contributed by atoms with Gasteiger partial charge in [-0.15, -0.1) is 0 Å². The van der Waals surface area contributed by atoms with Crippen molar-refractivity contribution in [2.45, 2.75) is 65.5 Å². The van der Waals surface area contributed by atoms with Crippen molar-refractivity contribution >= 4 is 0 Å². The van der Waals surface area contributed by atoms with Crippen LogP contribution in [0, 0.1) is 5.92 Å². The minimum Gasteiger partial charge on any atom is -0.379 e. The SMILES string of the molecule is CCCCCN(CC1COCC1NCCC)C(C)C. The third kappa shape index (κ3) is 6.24. The molecule has 0 bridgehead atoms. The van der Waals surface area contributed by atoms with Gasteiger partial charge in [0.05, 0.1) is 13.2 Å². The van der Waals surface area contributed by atoms with E-state index in [1.165, 1.54) is 38.8 Å². The van der Waals surface area contributed by atoms with Gasteiger partial charge in [-0.1, -0.05) is 26.7 Å². The number of nitrogens with one attached hydrogen (secondary N) is 1. The van der Waals surface area contributed by atoms with Crippen LogP contribution in [0.25, 0.3) is 0 Å². The number of hydrogen-bond acceptors (Lipinski definition) is 3. The summed E-state index contributed by atoms with van der Waals surface area (Å²) in [6, 6.07) is 1.21. The summed E-state index contributed by atoms with van der Waals surface area (Å²) in [6.07, 6.45) is 5.18. The highest BCUT2D eigenvalue weighted by molar-refractivity contribution is 4.84. The molecule has 1 heterocycles. The van der Waals surface area contributed by atoms with Crippen molar-refractivity contribution in [3.05, 3.63) is 0 Å². The van der Waals surface area contributed by atoms with Gasteiger partial charge in [-0.3, -0.25) is 0 Å². The number of unbranched alkanes of at least 4 members (excludes halogenated alkanes) is 2. The van der Waals surface area contributed by atoms with Gasteiger partial charge in [0.2, 0.25) is 0 Å². The zero-order valence-corrected chi connectivity index (χ0v) is 13.5. The average molecular weight is 270 g/mol. The Bertz CT molecular complexity index is 221. The Morgan fingerprint density at radius 2 is 1.95 bits per heavy atom. The Hall–Kier alpha value is -0.120. The quantitative estimate of drug-likeness (QED) is 0.618. The molecule has 1 N–H and O–H groups in total. The highest BCUT2D eigenvalue weighted by Crippen LogP contribution is 2.17. The van der Waals surface area contributed by atoms with Gasteiger partial charge in [-0.2, -0.15) is 0 Å². The molecule has 19 heavy (non-hydrogen) atoms. The fraction of sp³-hybridized carbons (Fsp3) is 1.00. The monoisotopic (exact) mass is 270 g/mol. The Kier molecular flexibility index (Phi) is 8.67. The first kappa shape index (κ1) is 16.9. The molecule has 114 valence electrons. The van der Waals surface area contributed by atoms with E-state index in [0.29, 0.717) is 18.0 Å². The van der Waals surface area contributed by atoms with Gasteiger partial charge in [0.25, 0.3) is 0 Å². The van der Waals surface area contributed by atoms with Crippen molar-refractivity contribution in [1.82, 2.24) is 10.2 Å². The van der Waals surface area contributed by atoms with E-state index in [-0.39, 0.29) is 0 Å².